The lowest BCUT2D eigenvalue weighted by Gasteiger charge is -2.15. The fourth-order valence-electron chi connectivity index (χ4n) is 4.49. The van der Waals surface area contributed by atoms with Crippen molar-refractivity contribution in [1.82, 2.24) is 29.1 Å². The van der Waals surface area contributed by atoms with Crippen LogP contribution in [0.25, 0.3) is 22.7 Å². The number of nitrogens with zero attached hydrogens (tertiary/aromatic N) is 6. The number of anilines is 3. The van der Waals surface area contributed by atoms with Gasteiger partial charge in [-0.05, 0) is 67.9 Å². The molecule has 0 radical (unpaired) electrons. The van der Waals surface area contributed by atoms with Gasteiger partial charge < -0.3 is 15.2 Å². The number of carbonyl (C=O) groups is 1. The maximum absolute atomic E-state index is 13.7. The lowest BCUT2D eigenvalue weighted by atomic mass is 10.1. The molecule has 3 heterocycles. The molecule has 0 aliphatic carbocycles. The van der Waals surface area contributed by atoms with Gasteiger partial charge in [0.2, 0.25) is 11.9 Å². The highest BCUT2D eigenvalue weighted by Gasteiger charge is 2.32. The Morgan fingerprint density at radius 1 is 0.905 bits per heavy atom. The molecule has 0 fully saturated rings. The molecule has 0 saturated heterocycles. The molecule has 0 aliphatic rings. The highest BCUT2D eigenvalue weighted by Crippen LogP contribution is 2.33. The number of hydrogen-bond donors (Lipinski definition) is 2. The van der Waals surface area contributed by atoms with Crippen molar-refractivity contribution in [3.8, 4) is 11.6 Å². The van der Waals surface area contributed by atoms with E-state index in [4.69, 9.17) is 4.98 Å². The first-order chi connectivity index (χ1) is 20.2. The second-order valence-electron chi connectivity index (χ2n) is 9.61. The summed E-state index contributed by atoms with van der Waals surface area (Å²) in [6.45, 7) is 3.61. The number of fused-ring (bicyclic) bond motifs is 1. The number of hydrogen-bond acceptors (Lipinski definition) is 6. The average Bonchev–Trinajstić information content (AvgIpc) is 3.57. The molecule has 6 aromatic rings. The van der Waals surface area contributed by atoms with E-state index in [-0.39, 0.29) is 11.3 Å². The Bertz CT molecular complexity index is 1930. The average molecular weight is 569 g/mol. The lowest BCUT2D eigenvalue weighted by molar-refractivity contribution is -0.137. The maximum atomic E-state index is 13.7. The predicted molar refractivity (Wildman–Crippen MR) is 152 cm³/mol. The Balaban J connectivity index is 1.33. The molecule has 12 heteroatoms. The quantitative estimate of drug-likeness (QED) is 0.234. The van der Waals surface area contributed by atoms with Gasteiger partial charge in [0, 0.05) is 41.2 Å². The zero-order chi connectivity index (χ0) is 29.4. The molecule has 0 bridgehead atoms. The minimum Gasteiger partial charge on any atom is -0.325 e. The molecule has 3 aromatic heterocycles. The zero-order valence-electron chi connectivity index (χ0n) is 22.4. The van der Waals surface area contributed by atoms with Crippen LogP contribution in [0.5, 0.6) is 0 Å². The van der Waals surface area contributed by atoms with Crippen molar-refractivity contribution in [2.75, 3.05) is 10.6 Å². The summed E-state index contributed by atoms with van der Waals surface area (Å²) in [5.74, 6) is 0.176. The highest BCUT2D eigenvalue weighted by atomic mass is 19.4. The van der Waals surface area contributed by atoms with E-state index in [0.717, 1.165) is 28.7 Å². The molecular weight excluding hydrogens is 545 g/mol. The van der Waals surface area contributed by atoms with Gasteiger partial charge in [-0.3, -0.25) is 4.79 Å². The Labute approximate surface area is 237 Å². The third kappa shape index (κ3) is 5.29. The Kier molecular flexibility index (Phi) is 6.65. The zero-order valence-corrected chi connectivity index (χ0v) is 22.4. The van der Waals surface area contributed by atoms with Gasteiger partial charge in [0.15, 0.2) is 0 Å². The van der Waals surface area contributed by atoms with Crippen LogP contribution in [0.3, 0.4) is 0 Å². The van der Waals surface area contributed by atoms with Crippen molar-refractivity contribution in [2.45, 2.75) is 20.0 Å². The number of carbonyl (C=O) groups excluding carboxylic acids is 1. The number of para-hydroxylation sites is 2. The van der Waals surface area contributed by atoms with E-state index in [9.17, 15) is 18.0 Å². The number of halogens is 3. The lowest BCUT2D eigenvalue weighted by Crippen LogP contribution is -2.15. The van der Waals surface area contributed by atoms with E-state index < -0.39 is 17.6 Å². The SMILES string of the molecule is Cc1cn(-c2cc(C(=O)Nc3ccc(C)c(Nc4nc5ccccc5n4-c4ncccn4)c3)cc(C(F)(F)F)c2)cn1. The number of nitrogens with one attached hydrogen (secondary N) is 2. The van der Waals surface area contributed by atoms with Crippen LogP contribution in [0.2, 0.25) is 0 Å². The molecule has 210 valence electrons. The smallest absolute Gasteiger partial charge is 0.325 e. The van der Waals surface area contributed by atoms with E-state index in [1.54, 1.807) is 54.3 Å². The molecule has 0 aliphatic heterocycles. The molecule has 0 spiro atoms. The Morgan fingerprint density at radius 2 is 1.69 bits per heavy atom. The molecule has 0 atom stereocenters. The summed E-state index contributed by atoms with van der Waals surface area (Å²) in [7, 11) is 0. The first-order valence-electron chi connectivity index (χ1n) is 12.8. The fraction of sp³-hybridized carbons (Fsp3) is 0.100. The Hall–Kier alpha value is -5.52. The van der Waals surface area contributed by atoms with Gasteiger partial charge in [0.25, 0.3) is 5.91 Å². The van der Waals surface area contributed by atoms with Crippen molar-refractivity contribution < 1.29 is 18.0 Å². The summed E-state index contributed by atoms with van der Waals surface area (Å²) in [5.41, 5.74) is 3.08. The van der Waals surface area contributed by atoms with Crippen LogP contribution in [0.15, 0.2) is 91.6 Å². The summed E-state index contributed by atoms with van der Waals surface area (Å²) >= 11 is 0. The van der Waals surface area contributed by atoms with Crippen molar-refractivity contribution >= 4 is 34.3 Å². The van der Waals surface area contributed by atoms with Gasteiger partial charge in [-0.1, -0.05) is 18.2 Å². The highest BCUT2D eigenvalue weighted by molar-refractivity contribution is 6.05. The summed E-state index contributed by atoms with van der Waals surface area (Å²) in [5, 5.41) is 6.03. The number of alkyl halides is 3. The summed E-state index contributed by atoms with van der Waals surface area (Å²) in [6, 6.07) is 17.6. The molecule has 9 nitrogen and oxygen atoms in total. The first-order valence-corrected chi connectivity index (χ1v) is 12.8. The summed E-state index contributed by atoms with van der Waals surface area (Å²) in [6.07, 6.45) is 1.61. The van der Waals surface area contributed by atoms with E-state index in [0.29, 0.717) is 29.0 Å². The first kappa shape index (κ1) is 26.7. The van der Waals surface area contributed by atoms with E-state index in [1.807, 2.05) is 31.2 Å². The van der Waals surface area contributed by atoms with Crippen molar-refractivity contribution in [3.63, 3.8) is 0 Å². The van der Waals surface area contributed by atoms with Crippen molar-refractivity contribution in [1.29, 1.82) is 0 Å². The minimum atomic E-state index is -4.64. The van der Waals surface area contributed by atoms with Gasteiger partial charge in [0.05, 0.1) is 28.6 Å². The van der Waals surface area contributed by atoms with E-state index >= 15 is 0 Å². The third-order valence-corrected chi connectivity index (χ3v) is 6.57. The number of imidazole rings is 2. The normalized spacial score (nSPS) is 11.5. The van der Waals surface area contributed by atoms with Crippen LogP contribution >= 0.6 is 0 Å². The molecule has 0 saturated carbocycles. The molecule has 42 heavy (non-hydrogen) atoms. The second-order valence-corrected chi connectivity index (χ2v) is 9.61. The van der Waals surface area contributed by atoms with Gasteiger partial charge in [0.1, 0.15) is 0 Å². The minimum absolute atomic E-state index is 0.149. The number of amides is 1. The molecule has 6 rings (SSSR count). The van der Waals surface area contributed by atoms with Gasteiger partial charge in [-0.15, -0.1) is 0 Å². The Morgan fingerprint density at radius 3 is 2.43 bits per heavy atom. The summed E-state index contributed by atoms with van der Waals surface area (Å²) < 4.78 is 44.4. The monoisotopic (exact) mass is 568 g/mol. The van der Waals surface area contributed by atoms with Gasteiger partial charge >= 0.3 is 6.18 Å². The predicted octanol–water partition coefficient (Wildman–Crippen LogP) is 6.63. The molecule has 2 N–H and O–H groups in total. The van der Waals surface area contributed by atoms with Crippen molar-refractivity contribution in [2.24, 2.45) is 0 Å². The van der Waals surface area contributed by atoms with Crippen LogP contribution in [0.1, 0.15) is 27.2 Å². The largest absolute Gasteiger partial charge is 0.416 e. The van der Waals surface area contributed by atoms with Gasteiger partial charge in [-0.25, -0.2) is 24.5 Å². The number of rotatable bonds is 6. The fourth-order valence-corrected chi connectivity index (χ4v) is 4.49. The van der Waals surface area contributed by atoms with Crippen LogP contribution in [0, 0.1) is 13.8 Å². The number of aromatic nitrogens is 6. The van der Waals surface area contributed by atoms with E-state index in [2.05, 4.69) is 25.6 Å². The van der Waals surface area contributed by atoms with Crippen LogP contribution in [-0.2, 0) is 6.18 Å². The van der Waals surface area contributed by atoms with E-state index in [1.165, 1.54) is 17.0 Å². The number of benzene rings is 3. The molecule has 3 aromatic carbocycles. The van der Waals surface area contributed by atoms with Crippen LogP contribution in [0.4, 0.5) is 30.5 Å². The molecular formula is C30H23F3N8O. The maximum Gasteiger partial charge on any atom is 0.416 e. The third-order valence-electron chi connectivity index (χ3n) is 6.57. The van der Waals surface area contributed by atoms with Crippen LogP contribution in [-0.4, -0.2) is 35.0 Å². The standard InChI is InChI=1S/C30H23F3N8O/c1-18-8-9-22(37-27(42)20-12-21(30(31,32)33)14-23(13-20)40-16-19(2)36-17-40)15-25(18)39-29-38-24-6-3-4-7-26(24)41(29)28-34-10-5-11-35-28/h3-17H,1-2H3,(H,37,42)(H,38,39). The molecule has 0 unspecified atom stereocenters. The molecule has 1 amide bonds. The summed E-state index contributed by atoms with van der Waals surface area (Å²) in [4.78, 5) is 30.8. The van der Waals surface area contributed by atoms with Crippen molar-refractivity contribution in [3.05, 3.63) is 114 Å². The second kappa shape index (κ2) is 10.5. The topological polar surface area (TPSA) is 103 Å². The number of aryl methyl sites for hydroxylation is 2. The van der Waals surface area contributed by atoms with Crippen LogP contribution < -0.4 is 10.6 Å². The van der Waals surface area contributed by atoms with Gasteiger partial charge in [-0.2, -0.15) is 13.2 Å².